The molecule has 2 aliphatic rings. The van der Waals surface area contributed by atoms with Gasteiger partial charge in [0.2, 0.25) is 0 Å². The van der Waals surface area contributed by atoms with Crippen LogP contribution in [0.1, 0.15) is 46.5 Å². The molecule has 2 atom stereocenters. The Balaban J connectivity index is 0.000000277. The van der Waals surface area contributed by atoms with Crippen molar-refractivity contribution in [3.63, 3.8) is 0 Å². The van der Waals surface area contributed by atoms with Gasteiger partial charge >= 0.3 is 12.1 Å². The maximum atomic E-state index is 11.6. The normalized spacial score (nSPS) is 23.7. The fraction of sp³-hybridized carbons (Fsp3) is 0.882. The van der Waals surface area contributed by atoms with E-state index >= 15 is 0 Å². The Labute approximate surface area is 161 Å². The van der Waals surface area contributed by atoms with Crippen LogP contribution in [0.3, 0.4) is 0 Å². The lowest BCUT2D eigenvalue weighted by Crippen LogP contribution is -2.43. The molecule has 2 heterocycles. The minimum atomic E-state index is -3.26. The van der Waals surface area contributed by atoms with Crippen molar-refractivity contribution >= 4 is 22.2 Å². The summed E-state index contributed by atoms with van der Waals surface area (Å²) in [6, 6.07) is -0.445. The van der Waals surface area contributed by atoms with Gasteiger partial charge in [-0.1, -0.05) is 0 Å². The predicted octanol–water partition coefficient (Wildman–Crippen LogP) is 1.53. The molecule has 27 heavy (non-hydrogen) atoms. The molecule has 2 saturated heterocycles. The van der Waals surface area contributed by atoms with Gasteiger partial charge in [0.25, 0.3) is 10.1 Å². The topological polar surface area (TPSA) is 113 Å². The minimum Gasteiger partial charge on any atom is -0.480 e. The van der Waals surface area contributed by atoms with E-state index in [1.54, 1.807) is 20.8 Å². The molecule has 1 amide bonds. The Kier molecular flexibility index (Phi) is 8.49. The highest BCUT2D eigenvalue weighted by Crippen LogP contribution is 2.20. The van der Waals surface area contributed by atoms with Crippen molar-refractivity contribution in [2.24, 2.45) is 0 Å². The Morgan fingerprint density at radius 3 is 2.19 bits per heavy atom. The van der Waals surface area contributed by atoms with E-state index in [-0.39, 0.29) is 6.04 Å². The number of carbonyl (C=O) groups is 2. The quantitative estimate of drug-likeness (QED) is 0.697. The summed E-state index contributed by atoms with van der Waals surface area (Å²) in [5.41, 5.74) is -0.581. The predicted molar refractivity (Wildman–Crippen MR) is 100 cm³/mol. The molecule has 0 aromatic carbocycles. The molecule has 2 fully saturated rings. The highest BCUT2D eigenvalue weighted by molar-refractivity contribution is 7.85. The number of nitrogens with zero attached hydrogens (tertiary/aromatic N) is 2. The minimum absolute atomic E-state index is 0.278. The molecule has 0 aliphatic carbocycles. The van der Waals surface area contributed by atoms with Gasteiger partial charge in [-0.15, -0.1) is 0 Å². The summed E-state index contributed by atoms with van der Waals surface area (Å²) >= 11 is 0. The molecule has 0 aromatic heterocycles. The molecule has 1 N–H and O–H groups in total. The number of carboxylic acid groups (broad SMARTS) is 1. The number of likely N-dealkylation sites (N-methyl/N-ethyl adjacent to an activating group) is 1. The molecular formula is C17H32N2O7S. The summed E-state index contributed by atoms with van der Waals surface area (Å²) in [6.45, 7) is 7.09. The summed E-state index contributed by atoms with van der Waals surface area (Å²) in [4.78, 5) is 25.9. The van der Waals surface area contributed by atoms with Gasteiger partial charge < -0.3 is 14.7 Å². The number of likely N-dealkylation sites (tertiary alicyclic amines) is 2. The Morgan fingerprint density at radius 2 is 1.74 bits per heavy atom. The van der Waals surface area contributed by atoms with Gasteiger partial charge in [-0.2, -0.15) is 8.42 Å². The van der Waals surface area contributed by atoms with Crippen molar-refractivity contribution in [1.82, 2.24) is 9.80 Å². The molecule has 0 radical (unpaired) electrons. The number of carboxylic acids is 1. The molecule has 0 spiro atoms. The van der Waals surface area contributed by atoms with Crippen molar-refractivity contribution in [2.45, 2.75) is 64.1 Å². The summed E-state index contributed by atoms with van der Waals surface area (Å²) in [5.74, 6) is -0.960. The molecule has 0 unspecified atom stereocenters. The fourth-order valence-electron chi connectivity index (χ4n) is 2.95. The lowest BCUT2D eigenvalue weighted by atomic mass is 10.2. The maximum Gasteiger partial charge on any atom is 0.411 e. The van der Waals surface area contributed by atoms with Crippen molar-refractivity contribution in [3.8, 4) is 0 Å². The van der Waals surface area contributed by atoms with E-state index in [2.05, 4.69) is 4.90 Å². The van der Waals surface area contributed by atoms with Gasteiger partial charge in [-0.05, 0) is 60.0 Å². The van der Waals surface area contributed by atoms with Crippen LogP contribution in [0.25, 0.3) is 0 Å². The fourth-order valence-corrected chi connectivity index (χ4v) is 3.36. The Hall–Kier alpha value is -1.39. The molecule has 10 heteroatoms. The first-order valence-corrected chi connectivity index (χ1v) is 10.9. The first-order valence-electron chi connectivity index (χ1n) is 9.07. The lowest BCUT2D eigenvalue weighted by Gasteiger charge is -2.26. The average molecular weight is 409 g/mol. The van der Waals surface area contributed by atoms with Gasteiger partial charge in [0.15, 0.2) is 0 Å². The van der Waals surface area contributed by atoms with Crippen LogP contribution < -0.4 is 0 Å². The molecule has 0 aromatic rings. The monoisotopic (exact) mass is 408 g/mol. The lowest BCUT2D eigenvalue weighted by molar-refractivity contribution is -0.142. The van der Waals surface area contributed by atoms with Gasteiger partial charge in [-0.25, -0.2) is 9.59 Å². The second-order valence-corrected chi connectivity index (χ2v) is 9.58. The van der Waals surface area contributed by atoms with Crippen LogP contribution in [-0.2, 0) is 23.8 Å². The van der Waals surface area contributed by atoms with Gasteiger partial charge in [0.05, 0.1) is 12.9 Å². The first-order chi connectivity index (χ1) is 12.3. The van der Waals surface area contributed by atoms with Crippen LogP contribution in [0.5, 0.6) is 0 Å². The second kappa shape index (κ2) is 9.70. The van der Waals surface area contributed by atoms with E-state index in [1.807, 2.05) is 7.05 Å². The van der Waals surface area contributed by atoms with Gasteiger partial charge in [-0.3, -0.25) is 9.08 Å². The molecular weight excluding hydrogens is 376 g/mol. The van der Waals surface area contributed by atoms with E-state index in [1.165, 1.54) is 4.90 Å². The van der Waals surface area contributed by atoms with E-state index in [4.69, 9.17) is 14.0 Å². The summed E-state index contributed by atoms with van der Waals surface area (Å²) in [7, 11) is -1.27. The van der Waals surface area contributed by atoms with Crippen LogP contribution in [0, 0.1) is 0 Å². The highest BCUT2D eigenvalue weighted by Gasteiger charge is 2.36. The van der Waals surface area contributed by atoms with Crippen molar-refractivity contribution in [2.75, 3.05) is 33.0 Å². The Bertz CT molecular complexity index is 615. The summed E-state index contributed by atoms with van der Waals surface area (Å²) < 4.78 is 31.1. The van der Waals surface area contributed by atoms with Crippen LogP contribution in [0.15, 0.2) is 0 Å². The summed E-state index contributed by atoms with van der Waals surface area (Å²) in [6.07, 6.45) is 3.94. The third kappa shape index (κ3) is 8.89. The zero-order valence-corrected chi connectivity index (χ0v) is 17.6. The standard InChI is InChI=1S/C10H17NO4.C7H15NO3S/c1-10(2,3)15-9(14)11-6-4-5-7(11)8(12)13;1-8-5-3-4-7(8)6-11-12(2,9)10/h7H,4-6H2,1-3H3,(H,12,13);7H,3-6H2,1-2H3/t2*7-/m11/s1. The van der Waals surface area contributed by atoms with Crippen molar-refractivity contribution in [3.05, 3.63) is 0 Å². The van der Waals surface area contributed by atoms with E-state index < -0.39 is 33.8 Å². The molecule has 158 valence electrons. The Morgan fingerprint density at radius 1 is 1.15 bits per heavy atom. The van der Waals surface area contributed by atoms with E-state index in [0.29, 0.717) is 19.6 Å². The number of ether oxygens (including phenoxy) is 1. The van der Waals surface area contributed by atoms with Gasteiger partial charge in [0, 0.05) is 12.6 Å². The smallest absolute Gasteiger partial charge is 0.411 e. The number of carbonyl (C=O) groups excluding carboxylic acids is 1. The number of rotatable bonds is 4. The van der Waals surface area contributed by atoms with Crippen LogP contribution >= 0.6 is 0 Å². The molecule has 2 aliphatic heterocycles. The average Bonchev–Trinajstić information content (AvgIpc) is 3.12. The van der Waals surface area contributed by atoms with Crippen molar-refractivity contribution in [1.29, 1.82) is 0 Å². The SMILES string of the molecule is CC(C)(C)OC(=O)N1CCC[C@@H]1C(=O)O.CN1CCC[C@@H]1COS(C)(=O)=O. The second-order valence-electron chi connectivity index (χ2n) is 7.94. The number of amides is 1. The largest absolute Gasteiger partial charge is 0.480 e. The van der Waals surface area contributed by atoms with Gasteiger partial charge in [0.1, 0.15) is 11.6 Å². The zero-order valence-electron chi connectivity index (χ0n) is 16.8. The van der Waals surface area contributed by atoms with E-state index in [0.717, 1.165) is 32.1 Å². The molecule has 2 rings (SSSR count). The summed E-state index contributed by atoms with van der Waals surface area (Å²) in [5, 5.41) is 8.88. The number of hydrogen-bond acceptors (Lipinski definition) is 7. The number of aliphatic carboxylic acids is 1. The molecule has 0 saturated carbocycles. The first kappa shape index (κ1) is 23.6. The third-order valence-corrected chi connectivity index (χ3v) is 4.88. The third-order valence-electron chi connectivity index (χ3n) is 4.31. The van der Waals surface area contributed by atoms with E-state index in [9.17, 15) is 18.0 Å². The van der Waals surface area contributed by atoms with Crippen LogP contribution in [0.2, 0.25) is 0 Å². The maximum absolute atomic E-state index is 11.6. The number of hydrogen-bond donors (Lipinski definition) is 1. The van der Waals surface area contributed by atoms with Crippen LogP contribution in [-0.4, -0.2) is 86.1 Å². The van der Waals surface area contributed by atoms with Crippen LogP contribution in [0.4, 0.5) is 4.79 Å². The highest BCUT2D eigenvalue weighted by atomic mass is 32.2. The molecule has 9 nitrogen and oxygen atoms in total. The zero-order chi connectivity index (χ0) is 20.8. The van der Waals surface area contributed by atoms with Crippen molar-refractivity contribution < 1.29 is 32.0 Å². The molecule has 0 bridgehead atoms.